The molecule has 1 aromatic rings. The van der Waals surface area contributed by atoms with Gasteiger partial charge in [0.1, 0.15) is 6.04 Å². The smallest absolute Gasteiger partial charge is 0.326 e. The topological polar surface area (TPSA) is 49.3 Å². The Kier molecular flexibility index (Phi) is 3.72. The van der Waals surface area contributed by atoms with Crippen molar-refractivity contribution in [1.29, 1.82) is 0 Å². The number of hydrogen-bond donors (Lipinski definition) is 2. The van der Waals surface area contributed by atoms with Crippen molar-refractivity contribution in [2.45, 2.75) is 33.2 Å². The molecule has 0 heterocycles. The van der Waals surface area contributed by atoms with Gasteiger partial charge < -0.3 is 10.4 Å². The van der Waals surface area contributed by atoms with Crippen LogP contribution in [-0.4, -0.2) is 17.1 Å². The van der Waals surface area contributed by atoms with Gasteiger partial charge in [-0.3, -0.25) is 0 Å². The number of benzene rings is 1. The van der Waals surface area contributed by atoms with Gasteiger partial charge in [0.25, 0.3) is 0 Å². The lowest BCUT2D eigenvalue weighted by molar-refractivity contribution is -0.137. The molecule has 0 aliphatic rings. The zero-order valence-corrected chi connectivity index (χ0v) is 9.37. The van der Waals surface area contributed by atoms with Gasteiger partial charge in [-0.1, -0.05) is 19.1 Å². The summed E-state index contributed by atoms with van der Waals surface area (Å²) in [5.41, 5.74) is 3.10. The summed E-state index contributed by atoms with van der Waals surface area (Å²) in [6, 6.07) is 5.47. The van der Waals surface area contributed by atoms with E-state index in [1.807, 2.05) is 39.0 Å². The fraction of sp³-hybridized carbons (Fsp3) is 0.417. The first kappa shape index (κ1) is 11.6. The Labute approximate surface area is 90.1 Å². The second kappa shape index (κ2) is 4.82. The molecule has 0 bridgehead atoms. The third-order valence-electron chi connectivity index (χ3n) is 2.43. The largest absolute Gasteiger partial charge is 0.480 e. The molecule has 1 atom stereocenters. The molecule has 2 N–H and O–H groups in total. The molecule has 0 aliphatic heterocycles. The number of anilines is 1. The summed E-state index contributed by atoms with van der Waals surface area (Å²) >= 11 is 0. The van der Waals surface area contributed by atoms with E-state index in [2.05, 4.69) is 5.32 Å². The minimum atomic E-state index is -0.807. The predicted octanol–water partition coefficient (Wildman–Crippen LogP) is 2.58. The minimum Gasteiger partial charge on any atom is -0.480 e. The van der Waals surface area contributed by atoms with E-state index in [-0.39, 0.29) is 0 Å². The van der Waals surface area contributed by atoms with Gasteiger partial charge in [0, 0.05) is 5.69 Å². The molecule has 0 unspecified atom stereocenters. The Balaban J connectivity index is 2.87. The molecule has 0 fully saturated rings. The standard InChI is InChI=1S/C12H17NO2/c1-4-10(12(14)15)13-11-7-8(2)5-6-9(11)3/h5-7,10,13H,4H2,1-3H3,(H,14,15)/t10-/m0/s1. The van der Waals surface area contributed by atoms with Crippen LogP contribution in [0.5, 0.6) is 0 Å². The molecule has 15 heavy (non-hydrogen) atoms. The number of carbonyl (C=O) groups is 1. The van der Waals surface area contributed by atoms with E-state index in [0.717, 1.165) is 16.8 Å². The molecular formula is C12H17NO2. The number of aryl methyl sites for hydroxylation is 2. The SMILES string of the molecule is CC[C@H](Nc1cc(C)ccc1C)C(=O)O. The number of rotatable bonds is 4. The Hall–Kier alpha value is -1.51. The molecule has 3 nitrogen and oxygen atoms in total. The summed E-state index contributed by atoms with van der Waals surface area (Å²) < 4.78 is 0. The summed E-state index contributed by atoms with van der Waals surface area (Å²) in [4.78, 5) is 10.9. The van der Waals surface area contributed by atoms with Crippen LogP contribution in [0.15, 0.2) is 18.2 Å². The van der Waals surface area contributed by atoms with E-state index in [1.54, 1.807) is 0 Å². The number of carboxylic acids is 1. The van der Waals surface area contributed by atoms with Crippen molar-refractivity contribution in [2.24, 2.45) is 0 Å². The van der Waals surface area contributed by atoms with Crippen LogP contribution in [-0.2, 0) is 4.79 Å². The summed E-state index contributed by atoms with van der Waals surface area (Å²) in [7, 11) is 0. The Morgan fingerprint density at radius 3 is 2.67 bits per heavy atom. The van der Waals surface area contributed by atoms with Crippen LogP contribution in [0.3, 0.4) is 0 Å². The third kappa shape index (κ3) is 2.98. The van der Waals surface area contributed by atoms with Crippen LogP contribution >= 0.6 is 0 Å². The maximum absolute atomic E-state index is 10.9. The average Bonchev–Trinajstić information content (AvgIpc) is 2.18. The first-order chi connectivity index (χ1) is 7.04. The second-order valence-corrected chi connectivity index (χ2v) is 3.76. The second-order valence-electron chi connectivity index (χ2n) is 3.76. The highest BCUT2D eigenvalue weighted by Crippen LogP contribution is 2.18. The molecule has 0 radical (unpaired) electrons. The van der Waals surface area contributed by atoms with Crippen LogP contribution in [0.4, 0.5) is 5.69 Å². The van der Waals surface area contributed by atoms with Crippen LogP contribution in [0.25, 0.3) is 0 Å². The highest BCUT2D eigenvalue weighted by molar-refractivity contribution is 5.77. The molecule has 0 spiro atoms. The van der Waals surface area contributed by atoms with Gasteiger partial charge in [0.15, 0.2) is 0 Å². The quantitative estimate of drug-likeness (QED) is 0.797. The molecule has 0 amide bonds. The van der Waals surface area contributed by atoms with Crippen molar-refractivity contribution in [3.05, 3.63) is 29.3 Å². The fourth-order valence-corrected chi connectivity index (χ4v) is 1.42. The van der Waals surface area contributed by atoms with E-state index >= 15 is 0 Å². The highest BCUT2D eigenvalue weighted by Gasteiger charge is 2.14. The molecule has 0 saturated carbocycles. The van der Waals surface area contributed by atoms with Crippen molar-refractivity contribution in [3.8, 4) is 0 Å². The lowest BCUT2D eigenvalue weighted by Crippen LogP contribution is -2.28. The molecule has 1 aromatic carbocycles. The van der Waals surface area contributed by atoms with E-state index in [0.29, 0.717) is 6.42 Å². The van der Waals surface area contributed by atoms with Crippen molar-refractivity contribution < 1.29 is 9.90 Å². The monoisotopic (exact) mass is 207 g/mol. The van der Waals surface area contributed by atoms with Gasteiger partial charge in [-0.2, -0.15) is 0 Å². The van der Waals surface area contributed by atoms with E-state index in [1.165, 1.54) is 0 Å². The normalized spacial score (nSPS) is 12.2. The summed E-state index contributed by atoms with van der Waals surface area (Å²) in [6.07, 6.45) is 0.572. The van der Waals surface area contributed by atoms with Crippen LogP contribution < -0.4 is 5.32 Å². The van der Waals surface area contributed by atoms with Gasteiger partial charge in [-0.05, 0) is 37.5 Å². The summed E-state index contributed by atoms with van der Waals surface area (Å²) in [5, 5.41) is 12.0. The zero-order valence-electron chi connectivity index (χ0n) is 9.37. The maximum Gasteiger partial charge on any atom is 0.326 e. The van der Waals surface area contributed by atoms with E-state index in [4.69, 9.17) is 5.11 Å². The van der Waals surface area contributed by atoms with Gasteiger partial charge in [-0.25, -0.2) is 4.79 Å². The van der Waals surface area contributed by atoms with Crippen LogP contribution in [0, 0.1) is 13.8 Å². The Bertz CT molecular complexity index is 361. The number of nitrogens with one attached hydrogen (secondary N) is 1. The first-order valence-electron chi connectivity index (χ1n) is 5.11. The molecule has 3 heteroatoms. The molecule has 82 valence electrons. The van der Waals surface area contributed by atoms with Crippen LogP contribution in [0.1, 0.15) is 24.5 Å². The first-order valence-corrected chi connectivity index (χ1v) is 5.11. The predicted molar refractivity (Wildman–Crippen MR) is 61.3 cm³/mol. The van der Waals surface area contributed by atoms with Gasteiger partial charge in [0.05, 0.1) is 0 Å². The minimum absolute atomic E-state index is 0.509. The van der Waals surface area contributed by atoms with Gasteiger partial charge in [0.2, 0.25) is 0 Å². The van der Waals surface area contributed by atoms with Crippen LogP contribution in [0.2, 0.25) is 0 Å². The molecule has 1 rings (SSSR count). The number of hydrogen-bond acceptors (Lipinski definition) is 2. The van der Waals surface area contributed by atoms with Gasteiger partial charge >= 0.3 is 5.97 Å². The zero-order chi connectivity index (χ0) is 11.4. The lowest BCUT2D eigenvalue weighted by Gasteiger charge is -2.16. The van der Waals surface area contributed by atoms with E-state index < -0.39 is 12.0 Å². The highest BCUT2D eigenvalue weighted by atomic mass is 16.4. The molecular weight excluding hydrogens is 190 g/mol. The summed E-state index contributed by atoms with van der Waals surface area (Å²) in [5.74, 6) is -0.807. The van der Waals surface area contributed by atoms with Crippen molar-refractivity contribution in [3.63, 3.8) is 0 Å². The number of carboxylic acid groups (broad SMARTS) is 1. The average molecular weight is 207 g/mol. The van der Waals surface area contributed by atoms with E-state index in [9.17, 15) is 4.79 Å². The Morgan fingerprint density at radius 2 is 2.13 bits per heavy atom. The third-order valence-corrected chi connectivity index (χ3v) is 2.43. The maximum atomic E-state index is 10.9. The number of aliphatic carboxylic acids is 1. The van der Waals surface area contributed by atoms with Crippen molar-refractivity contribution >= 4 is 11.7 Å². The molecule has 0 aromatic heterocycles. The van der Waals surface area contributed by atoms with Crippen molar-refractivity contribution in [2.75, 3.05) is 5.32 Å². The summed E-state index contributed by atoms with van der Waals surface area (Å²) in [6.45, 7) is 5.82. The fourth-order valence-electron chi connectivity index (χ4n) is 1.42. The van der Waals surface area contributed by atoms with Gasteiger partial charge in [-0.15, -0.1) is 0 Å². The molecule has 0 saturated heterocycles. The molecule has 0 aliphatic carbocycles. The lowest BCUT2D eigenvalue weighted by atomic mass is 10.1. The Morgan fingerprint density at radius 1 is 1.47 bits per heavy atom. The van der Waals surface area contributed by atoms with Crippen molar-refractivity contribution in [1.82, 2.24) is 0 Å².